The van der Waals surface area contributed by atoms with Crippen LogP contribution in [-0.2, 0) is 16.1 Å². The van der Waals surface area contributed by atoms with Gasteiger partial charge in [0.2, 0.25) is 0 Å². The van der Waals surface area contributed by atoms with Crippen LogP contribution in [0.2, 0.25) is 0 Å². The molecular weight excluding hydrogens is 254 g/mol. The van der Waals surface area contributed by atoms with E-state index in [1.165, 1.54) is 18.2 Å². The Hall–Kier alpha value is -2.30. The summed E-state index contributed by atoms with van der Waals surface area (Å²) in [5.74, 6) is 0.427. The maximum absolute atomic E-state index is 11.2. The minimum atomic E-state index is -0.313. The van der Waals surface area contributed by atoms with Crippen LogP contribution in [-0.4, -0.2) is 22.9 Å². The largest absolute Gasteiger partial charge is 0.468 e. The van der Waals surface area contributed by atoms with Crippen molar-refractivity contribution in [1.29, 1.82) is 0 Å². The Morgan fingerprint density at radius 2 is 2.15 bits per heavy atom. The van der Waals surface area contributed by atoms with Crippen molar-refractivity contribution in [2.45, 2.75) is 26.4 Å². The molecule has 0 fully saturated rings. The topological polar surface area (TPSA) is 56.1 Å². The van der Waals surface area contributed by atoms with Crippen LogP contribution in [0, 0.1) is 6.92 Å². The molecule has 0 spiro atoms. The lowest BCUT2D eigenvalue weighted by molar-refractivity contribution is -0.141. The number of methoxy groups -OCH3 is 1. The second-order valence-corrected chi connectivity index (χ2v) is 4.70. The Bertz CT molecular complexity index is 592. The number of anilines is 1. The van der Waals surface area contributed by atoms with Crippen molar-refractivity contribution in [3.8, 4) is 0 Å². The Balaban J connectivity index is 2.03. The lowest BCUT2D eigenvalue weighted by Crippen LogP contribution is -2.13. The average Bonchev–Trinajstić information content (AvgIpc) is 2.86. The normalized spacial score (nSPS) is 11.9. The fourth-order valence-electron chi connectivity index (χ4n) is 2.10. The summed E-state index contributed by atoms with van der Waals surface area (Å²) in [6.45, 7) is 4.29. The molecule has 2 rings (SSSR count). The zero-order valence-electron chi connectivity index (χ0n) is 12.0. The summed E-state index contributed by atoms with van der Waals surface area (Å²) < 4.78 is 6.16. The van der Waals surface area contributed by atoms with Crippen LogP contribution < -0.4 is 5.32 Å². The summed E-state index contributed by atoms with van der Waals surface area (Å²) in [4.78, 5) is 11.2. The Morgan fingerprint density at radius 1 is 1.40 bits per heavy atom. The minimum Gasteiger partial charge on any atom is -0.468 e. The number of hydrogen-bond donors (Lipinski definition) is 1. The summed E-state index contributed by atoms with van der Waals surface area (Å²) in [6.07, 6.45) is 1.75. The summed E-state index contributed by atoms with van der Waals surface area (Å²) in [6, 6.07) is 10.2. The van der Waals surface area contributed by atoms with Crippen LogP contribution in [0.1, 0.15) is 24.1 Å². The number of nitrogens with one attached hydrogen (secondary N) is 1. The molecule has 0 saturated heterocycles. The van der Waals surface area contributed by atoms with Gasteiger partial charge in [0.05, 0.1) is 13.2 Å². The Kier molecular flexibility index (Phi) is 4.40. The number of rotatable bonds is 5. The molecule has 1 aromatic heterocycles. The summed E-state index contributed by atoms with van der Waals surface area (Å²) in [5, 5.41) is 7.62. The summed E-state index contributed by atoms with van der Waals surface area (Å²) >= 11 is 0. The van der Waals surface area contributed by atoms with Gasteiger partial charge in [-0.05, 0) is 25.0 Å². The van der Waals surface area contributed by atoms with Crippen LogP contribution >= 0.6 is 0 Å². The van der Waals surface area contributed by atoms with Gasteiger partial charge < -0.3 is 10.1 Å². The van der Waals surface area contributed by atoms with Crippen LogP contribution in [0.15, 0.2) is 36.5 Å². The molecule has 20 heavy (non-hydrogen) atoms. The van der Waals surface area contributed by atoms with Crippen molar-refractivity contribution >= 4 is 11.8 Å². The lowest BCUT2D eigenvalue weighted by atomic mass is 10.0. The quantitative estimate of drug-likeness (QED) is 0.851. The molecule has 1 atom stereocenters. The van der Waals surface area contributed by atoms with Gasteiger partial charge in [-0.3, -0.25) is 9.48 Å². The van der Waals surface area contributed by atoms with Gasteiger partial charge in [0.1, 0.15) is 12.4 Å². The van der Waals surface area contributed by atoms with E-state index in [9.17, 15) is 4.79 Å². The molecular formula is C15H19N3O2. The van der Waals surface area contributed by atoms with Gasteiger partial charge in [0.15, 0.2) is 0 Å². The van der Waals surface area contributed by atoms with E-state index in [2.05, 4.69) is 41.1 Å². The first kappa shape index (κ1) is 14.1. The molecule has 0 aliphatic carbocycles. The average molecular weight is 273 g/mol. The molecule has 2 aromatic rings. The van der Waals surface area contributed by atoms with Crippen LogP contribution in [0.3, 0.4) is 0 Å². The summed E-state index contributed by atoms with van der Waals surface area (Å²) in [7, 11) is 1.37. The highest BCUT2D eigenvalue weighted by Gasteiger charge is 2.10. The first-order chi connectivity index (χ1) is 9.60. The number of hydrogen-bond acceptors (Lipinski definition) is 4. The monoisotopic (exact) mass is 273 g/mol. The van der Waals surface area contributed by atoms with E-state index in [0.717, 1.165) is 5.82 Å². The predicted molar refractivity (Wildman–Crippen MR) is 77.5 cm³/mol. The molecule has 1 unspecified atom stereocenters. The van der Waals surface area contributed by atoms with E-state index in [0.29, 0.717) is 0 Å². The number of ether oxygens (including phenoxy) is 1. The molecule has 0 bridgehead atoms. The highest BCUT2D eigenvalue weighted by Crippen LogP contribution is 2.20. The third kappa shape index (κ3) is 3.38. The number of esters is 1. The van der Waals surface area contributed by atoms with Gasteiger partial charge >= 0.3 is 5.97 Å². The molecule has 106 valence electrons. The van der Waals surface area contributed by atoms with E-state index in [-0.39, 0.29) is 18.6 Å². The molecule has 0 aliphatic rings. The molecule has 5 heteroatoms. The number of nitrogens with zero attached hydrogens (tertiary/aromatic N) is 2. The summed E-state index contributed by atoms with van der Waals surface area (Å²) in [5.41, 5.74) is 2.47. The van der Waals surface area contributed by atoms with Crippen LogP contribution in [0.4, 0.5) is 5.82 Å². The zero-order chi connectivity index (χ0) is 14.5. The fraction of sp³-hybridized carbons (Fsp3) is 0.333. The van der Waals surface area contributed by atoms with Crippen molar-refractivity contribution in [1.82, 2.24) is 9.78 Å². The van der Waals surface area contributed by atoms with Crippen molar-refractivity contribution in [3.63, 3.8) is 0 Å². The van der Waals surface area contributed by atoms with Crippen molar-refractivity contribution in [2.75, 3.05) is 12.4 Å². The maximum Gasteiger partial charge on any atom is 0.327 e. The van der Waals surface area contributed by atoms with Gasteiger partial charge in [-0.2, -0.15) is 5.10 Å². The van der Waals surface area contributed by atoms with Crippen molar-refractivity contribution < 1.29 is 9.53 Å². The molecule has 0 amide bonds. The smallest absolute Gasteiger partial charge is 0.327 e. The fourth-order valence-corrected chi connectivity index (χ4v) is 2.10. The molecule has 0 radical (unpaired) electrons. The first-order valence-electron chi connectivity index (χ1n) is 6.52. The van der Waals surface area contributed by atoms with E-state index in [4.69, 9.17) is 0 Å². The number of benzene rings is 1. The van der Waals surface area contributed by atoms with E-state index in [1.807, 2.05) is 18.2 Å². The van der Waals surface area contributed by atoms with E-state index < -0.39 is 0 Å². The Morgan fingerprint density at radius 3 is 2.85 bits per heavy atom. The minimum absolute atomic E-state index is 0.122. The molecule has 1 heterocycles. The number of aryl methyl sites for hydroxylation is 1. The Labute approximate surface area is 118 Å². The molecule has 5 nitrogen and oxygen atoms in total. The zero-order valence-corrected chi connectivity index (χ0v) is 12.0. The molecule has 0 aliphatic heterocycles. The third-order valence-corrected chi connectivity index (χ3v) is 3.18. The standard InChI is InChI=1S/C15H19N3O2/c1-11-6-4-5-7-13(11)12(2)16-14-8-9-18(17-14)10-15(19)20-3/h4-9,12H,10H2,1-3H3,(H,16,17). The molecule has 1 N–H and O–H groups in total. The third-order valence-electron chi connectivity index (χ3n) is 3.18. The second kappa shape index (κ2) is 6.23. The van der Waals surface area contributed by atoms with Crippen LogP contribution in [0.25, 0.3) is 0 Å². The van der Waals surface area contributed by atoms with Gasteiger partial charge in [0.25, 0.3) is 0 Å². The van der Waals surface area contributed by atoms with Crippen molar-refractivity contribution in [2.24, 2.45) is 0 Å². The SMILES string of the molecule is COC(=O)Cn1ccc(NC(C)c2ccccc2C)n1. The van der Waals surface area contributed by atoms with Gasteiger partial charge in [0, 0.05) is 12.3 Å². The van der Waals surface area contributed by atoms with Crippen LogP contribution in [0.5, 0.6) is 0 Å². The van der Waals surface area contributed by atoms with E-state index >= 15 is 0 Å². The van der Waals surface area contributed by atoms with Crippen molar-refractivity contribution in [3.05, 3.63) is 47.7 Å². The van der Waals surface area contributed by atoms with Gasteiger partial charge in [-0.15, -0.1) is 0 Å². The maximum atomic E-state index is 11.2. The van der Waals surface area contributed by atoms with Gasteiger partial charge in [-0.1, -0.05) is 24.3 Å². The highest BCUT2D eigenvalue weighted by atomic mass is 16.5. The number of carbonyl (C=O) groups is 1. The second-order valence-electron chi connectivity index (χ2n) is 4.70. The molecule has 1 aromatic carbocycles. The predicted octanol–water partition coefficient (Wildman–Crippen LogP) is 2.54. The lowest BCUT2D eigenvalue weighted by Gasteiger charge is -2.15. The first-order valence-corrected chi connectivity index (χ1v) is 6.52. The van der Waals surface area contributed by atoms with E-state index in [1.54, 1.807) is 10.9 Å². The molecule has 0 saturated carbocycles. The highest BCUT2D eigenvalue weighted by molar-refractivity contribution is 5.68. The number of aromatic nitrogens is 2. The van der Waals surface area contributed by atoms with Gasteiger partial charge in [-0.25, -0.2) is 0 Å². The number of carbonyl (C=O) groups excluding carboxylic acids is 1.